The van der Waals surface area contributed by atoms with Gasteiger partial charge < -0.3 is 9.64 Å². The molecular formula is C16H17N5O2S. The molecule has 124 valence electrons. The quantitative estimate of drug-likeness (QED) is 0.741. The van der Waals surface area contributed by atoms with Crippen molar-refractivity contribution in [2.75, 3.05) is 31.2 Å². The maximum Gasteiger partial charge on any atom is 0.260 e. The van der Waals surface area contributed by atoms with E-state index in [2.05, 4.69) is 27.9 Å². The molecule has 0 spiro atoms. The molecule has 3 aliphatic heterocycles. The number of benzene rings is 1. The highest BCUT2D eigenvalue weighted by Gasteiger charge is 2.35. The fourth-order valence-corrected chi connectivity index (χ4v) is 3.24. The number of nitrogens with one attached hydrogen (secondary N) is 1. The number of fused-ring (bicyclic) bond motifs is 1. The van der Waals surface area contributed by atoms with Crippen LogP contribution in [-0.4, -0.2) is 55.6 Å². The van der Waals surface area contributed by atoms with Gasteiger partial charge in [-0.2, -0.15) is 0 Å². The average Bonchev–Trinajstić information content (AvgIpc) is 2.63. The predicted molar refractivity (Wildman–Crippen MR) is 95.2 cm³/mol. The Morgan fingerprint density at radius 1 is 1.21 bits per heavy atom. The topological polar surface area (TPSA) is 69.5 Å². The maximum absolute atomic E-state index is 12.6. The number of carbonyl (C=O) groups excluding carboxylic acids is 1. The van der Waals surface area contributed by atoms with Crippen molar-refractivity contribution in [2.24, 2.45) is 9.98 Å². The van der Waals surface area contributed by atoms with Gasteiger partial charge in [-0.1, -0.05) is 18.2 Å². The van der Waals surface area contributed by atoms with Crippen molar-refractivity contribution < 1.29 is 9.53 Å². The fraction of sp³-hybridized carbons (Fsp3) is 0.312. The number of carbonyl (C=O) groups is 1. The first-order chi connectivity index (χ1) is 11.7. The molecule has 1 N–H and O–H groups in total. The molecule has 1 amide bonds. The molecule has 0 aliphatic carbocycles. The van der Waals surface area contributed by atoms with Crippen LogP contribution in [0.4, 0.5) is 5.69 Å². The van der Waals surface area contributed by atoms with Crippen LogP contribution >= 0.6 is 12.6 Å². The Hall–Kier alpha value is -2.32. The van der Waals surface area contributed by atoms with Crippen LogP contribution in [0.15, 0.2) is 50.9 Å². The molecule has 0 saturated carbocycles. The van der Waals surface area contributed by atoms with E-state index in [1.165, 1.54) is 0 Å². The van der Waals surface area contributed by atoms with Crippen molar-refractivity contribution in [3.05, 3.63) is 40.9 Å². The highest BCUT2D eigenvalue weighted by molar-refractivity contribution is 7.84. The fourth-order valence-electron chi connectivity index (χ4n) is 2.85. The lowest BCUT2D eigenvalue weighted by Gasteiger charge is -2.35. The number of thiol groups is 1. The van der Waals surface area contributed by atoms with Crippen molar-refractivity contribution in [3.8, 4) is 0 Å². The van der Waals surface area contributed by atoms with Crippen LogP contribution in [0, 0.1) is 0 Å². The number of para-hydroxylation sites is 1. The number of hydrogen-bond acceptors (Lipinski definition) is 7. The maximum atomic E-state index is 12.6. The zero-order valence-corrected chi connectivity index (χ0v) is 13.8. The molecular weight excluding hydrogens is 326 g/mol. The first kappa shape index (κ1) is 15.2. The Morgan fingerprint density at radius 3 is 2.71 bits per heavy atom. The van der Waals surface area contributed by atoms with Crippen LogP contribution in [0.25, 0.3) is 0 Å². The largest absolute Gasteiger partial charge is 0.378 e. The molecule has 7 nitrogen and oxygen atoms in total. The molecule has 0 unspecified atom stereocenters. The molecule has 4 rings (SSSR count). The van der Waals surface area contributed by atoms with Crippen molar-refractivity contribution in [1.82, 2.24) is 10.2 Å². The van der Waals surface area contributed by atoms with Gasteiger partial charge >= 0.3 is 0 Å². The molecule has 1 saturated heterocycles. The van der Waals surface area contributed by atoms with Gasteiger partial charge in [-0.15, -0.1) is 12.6 Å². The molecule has 1 fully saturated rings. The standard InChI is InChI=1S/C16H17N5O2S/c22-14-12-13(18-16(19-14)20-6-8-23-9-7-20)17-10-21(15(12)24)11-4-2-1-3-5-11/h1-5,10,13,24H,6-9H2,(H,18,19,22)/t13-/m1/s1. The molecule has 8 heteroatoms. The number of aliphatic imine (C=N–C) groups is 2. The monoisotopic (exact) mass is 343 g/mol. The van der Waals surface area contributed by atoms with Gasteiger partial charge in [0.05, 0.1) is 30.2 Å². The molecule has 0 bridgehead atoms. The van der Waals surface area contributed by atoms with Gasteiger partial charge in [-0.3, -0.25) is 15.0 Å². The number of ether oxygens (including phenoxy) is 1. The summed E-state index contributed by atoms with van der Waals surface area (Å²) in [6.45, 7) is 2.67. The number of amides is 1. The SMILES string of the molecule is O=C1NC(N2CCOCC2)=N[C@H]2N=CN(c3ccccc3)C(S)=C12. The normalized spacial score (nSPS) is 23.8. The van der Waals surface area contributed by atoms with Gasteiger partial charge in [-0.25, -0.2) is 9.98 Å². The van der Waals surface area contributed by atoms with E-state index in [0.29, 0.717) is 42.9 Å². The minimum Gasteiger partial charge on any atom is -0.378 e. The summed E-state index contributed by atoms with van der Waals surface area (Å²) in [5.41, 5.74) is 1.36. The summed E-state index contributed by atoms with van der Waals surface area (Å²) in [7, 11) is 0. The molecule has 0 aromatic heterocycles. The van der Waals surface area contributed by atoms with Crippen molar-refractivity contribution in [2.45, 2.75) is 6.17 Å². The second kappa shape index (κ2) is 6.29. The molecule has 1 atom stereocenters. The summed E-state index contributed by atoms with van der Waals surface area (Å²) >= 11 is 4.56. The van der Waals surface area contributed by atoms with Crippen LogP contribution in [0.5, 0.6) is 0 Å². The Balaban J connectivity index is 1.65. The van der Waals surface area contributed by atoms with Crippen LogP contribution in [0.3, 0.4) is 0 Å². The van der Waals surface area contributed by atoms with Crippen molar-refractivity contribution >= 4 is 36.5 Å². The Labute approximate surface area is 145 Å². The molecule has 24 heavy (non-hydrogen) atoms. The molecule has 0 radical (unpaired) electrons. The zero-order valence-electron chi connectivity index (χ0n) is 12.9. The van der Waals surface area contributed by atoms with Crippen LogP contribution < -0.4 is 10.2 Å². The number of hydrogen-bond donors (Lipinski definition) is 2. The molecule has 3 aliphatic rings. The average molecular weight is 343 g/mol. The van der Waals surface area contributed by atoms with E-state index in [1.54, 1.807) is 11.2 Å². The lowest BCUT2D eigenvalue weighted by Crippen LogP contribution is -2.53. The highest BCUT2D eigenvalue weighted by Crippen LogP contribution is 2.30. The summed E-state index contributed by atoms with van der Waals surface area (Å²) in [6.07, 6.45) is 1.12. The van der Waals surface area contributed by atoms with Gasteiger partial charge in [0.1, 0.15) is 0 Å². The van der Waals surface area contributed by atoms with E-state index in [9.17, 15) is 4.79 Å². The summed E-state index contributed by atoms with van der Waals surface area (Å²) in [5, 5.41) is 3.41. The first-order valence-corrected chi connectivity index (χ1v) is 8.21. The van der Waals surface area contributed by atoms with E-state index in [1.807, 2.05) is 35.2 Å². The number of anilines is 1. The van der Waals surface area contributed by atoms with Gasteiger partial charge in [0, 0.05) is 18.8 Å². The van der Waals surface area contributed by atoms with Crippen molar-refractivity contribution in [3.63, 3.8) is 0 Å². The van der Waals surface area contributed by atoms with Gasteiger partial charge in [0.15, 0.2) is 6.17 Å². The van der Waals surface area contributed by atoms with Gasteiger partial charge in [0.25, 0.3) is 5.91 Å². The van der Waals surface area contributed by atoms with Crippen molar-refractivity contribution in [1.29, 1.82) is 0 Å². The van der Waals surface area contributed by atoms with Crippen LogP contribution in [0.1, 0.15) is 0 Å². The molecule has 1 aromatic rings. The van der Waals surface area contributed by atoms with E-state index in [4.69, 9.17) is 4.74 Å². The van der Waals surface area contributed by atoms with E-state index < -0.39 is 6.17 Å². The van der Waals surface area contributed by atoms with E-state index in [0.717, 1.165) is 5.69 Å². The van der Waals surface area contributed by atoms with Gasteiger partial charge in [-0.05, 0) is 12.1 Å². The van der Waals surface area contributed by atoms with E-state index >= 15 is 0 Å². The third-order valence-corrected chi connectivity index (χ3v) is 4.57. The smallest absolute Gasteiger partial charge is 0.260 e. The molecule has 3 heterocycles. The summed E-state index contributed by atoms with van der Waals surface area (Å²) in [5.74, 6) is 0.350. The second-order valence-electron chi connectivity index (χ2n) is 5.59. The summed E-state index contributed by atoms with van der Waals surface area (Å²) < 4.78 is 5.34. The minimum absolute atomic E-state index is 0.209. The second-order valence-corrected chi connectivity index (χ2v) is 6.01. The zero-order chi connectivity index (χ0) is 16.5. The first-order valence-electron chi connectivity index (χ1n) is 7.76. The Morgan fingerprint density at radius 2 is 1.96 bits per heavy atom. The van der Waals surface area contributed by atoms with Crippen LogP contribution in [0.2, 0.25) is 0 Å². The third kappa shape index (κ3) is 2.67. The lowest BCUT2D eigenvalue weighted by atomic mass is 10.1. The number of nitrogens with zero attached hydrogens (tertiary/aromatic N) is 4. The predicted octanol–water partition coefficient (Wildman–Crippen LogP) is 0.820. The minimum atomic E-state index is -0.552. The highest BCUT2D eigenvalue weighted by atomic mass is 32.1. The molecule has 1 aromatic carbocycles. The Kier molecular flexibility index (Phi) is 3.99. The Bertz CT molecular complexity index is 740. The lowest BCUT2D eigenvalue weighted by molar-refractivity contribution is -0.117. The number of morpholine rings is 1. The number of guanidine groups is 1. The van der Waals surface area contributed by atoms with E-state index in [-0.39, 0.29) is 5.91 Å². The summed E-state index contributed by atoms with van der Waals surface area (Å²) in [4.78, 5) is 25.4. The third-order valence-electron chi connectivity index (χ3n) is 4.11. The summed E-state index contributed by atoms with van der Waals surface area (Å²) in [6, 6.07) is 9.66. The number of rotatable bonds is 1. The van der Waals surface area contributed by atoms with Gasteiger partial charge in [0.2, 0.25) is 5.96 Å². The van der Waals surface area contributed by atoms with Crippen LogP contribution in [-0.2, 0) is 9.53 Å².